The highest BCUT2D eigenvalue weighted by Gasteiger charge is 2.18. The topological polar surface area (TPSA) is 106 Å². The smallest absolute Gasteiger partial charge is 0.329 e. The van der Waals surface area contributed by atoms with E-state index in [0.29, 0.717) is 36.8 Å². The van der Waals surface area contributed by atoms with Crippen LogP contribution in [0.15, 0.2) is 39.9 Å². The van der Waals surface area contributed by atoms with Crippen LogP contribution in [0, 0.1) is 0 Å². The minimum Gasteiger partial charge on any atom is -0.492 e. The molecule has 1 saturated heterocycles. The summed E-state index contributed by atoms with van der Waals surface area (Å²) in [6, 6.07) is 9.49. The number of hydrogen-bond donors (Lipinski definition) is 2. The molecule has 3 heterocycles. The van der Waals surface area contributed by atoms with Gasteiger partial charge in [0.15, 0.2) is 11.2 Å². The second-order valence-electron chi connectivity index (χ2n) is 7.12. The highest BCUT2D eigenvalue weighted by molar-refractivity contribution is 5.74. The largest absolute Gasteiger partial charge is 0.492 e. The minimum atomic E-state index is -0.488. The van der Waals surface area contributed by atoms with Crippen molar-refractivity contribution in [3.8, 4) is 5.75 Å². The summed E-state index contributed by atoms with van der Waals surface area (Å²) in [6.07, 6.45) is 0. The van der Waals surface area contributed by atoms with Crippen molar-refractivity contribution in [1.29, 1.82) is 0 Å². The van der Waals surface area contributed by atoms with Crippen LogP contribution in [0.1, 0.15) is 0 Å². The number of aromatic amines is 1. The lowest BCUT2D eigenvalue weighted by atomic mass is 10.3. The van der Waals surface area contributed by atoms with Gasteiger partial charge in [0.2, 0.25) is 5.95 Å². The number of morpholine rings is 1. The van der Waals surface area contributed by atoms with Crippen molar-refractivity contribution in [3.05, 3.63) is 51.2 Å². The van der Waals surface area contributed by atoms with Gasteiger partial charge < -0.3 is 19.4 Å². The average molecular weight is 414 g/mol. The number of fused-ring (bicyclic) bond motifs is 1. The van der Waals surface area contributed by atoms with Gasteiger partial charge in [0.25, 0.3) is 5.56 Å². The number of benzene rings is 1. The van der Waals surface area contributed by atoms with Crippen LogP contribution in [0.25, 0.3) is 11.2 Å². The predicted molar refractivity (Wildman–Crippen MR) is 113 cm³/mol. The zero-order chi connectivity index (χ0) is 20.9. The predicted octanol–water partition coefficient (Wildman–Crippen LogP) is 0.246. The molecule has 1 fully saturated rings. The molecule has 0 amide bonds. The summed E-state index contributed by atoms with van der Waals surface area (Å²) in [5, 5.41) is 3.32. The second kappa shape index (κ2) is 9.14. The Hall–Kier alpha value is -3.11. The highest BCUT2D eigenvalue weighted by Crippen LogP contribution is 2.16. The van der Waals surface area contributed by atoms with Crippen molar-refractivity contribution in [2.24, 2.45) is 7.05 Å². The standard InChI is InChI=1S/C20H26N6O4/c1-24-17-16(18(27)23-20(24)28)26(11-14-30-15-5-3-2-4-6-15)19(22-17)21-7-8-25-9-12-29-13-10-25/h2-6H,7-14H2,1H3,(H,21,22)(H,23,27,28). The summed E-state index contributed by atoms with van der Waals surface area (Å²) < 4.78 is 14.3. The molecule has 160 valence electrons. The summed E-state index contributed by atoms with van der Waals surface area (Å²) in [4.78, 5) is 33.7. The van der Waals surface area contributed by atoms with Crippen LogP contribution in [0.4, 0.5) is 5.95 Å². The first-order valence-electron chi connectivity index (χ1n) is 10.0. The molecule has 4 rings (SSSR count). The number of para-hydroxylation sites is 1. The maximum absolute atomic E-state index is 12.5. The van der Waals surface area contributed by atoms with E-state index in [0.717, 1.165) is 38.6 Å². The van der Waals surface area contributed by atoms with Gasteiger partial charge in [-0.15, -0.1) is 0 Å². The number of aromatic nitrogens is 4. The van der Waals surface area contributed by atoms with Gasteiger partial charge in [-0.2, -0.15) is 4.98 Å². The van der Waals surface area contributed by atoms with Crippen LogP contribution < -0.4 is 21.3 Å². The fraction of sp³-hybridized carbons (Fsp3) is 0.450. The summed E-state index contributed by atoms with van der Waals surface area (Å²) in [6.45, 7) is 5.55. The van der Waals surface area contributed by atoms with E-state index in [1.54, 1.807) is 11.6 Å². The molecule has 30 heavy (non-hydrogen) atoms. The zero-order valence-corrected chi connectivity index (χ0v) is 17.0. The number of nitrogens with zero attached hydrogens (tertiary/aromatic N) is 4. The third-order valence-electron chi connectivity index (χ3n) is 5.15. The summed E-state index contributed by atoms with van der Waals surface area (Å²) in [7, 11) is 1.59. The number of imidazole rings is 1. The van der Waals surface area contributed by atoms with Crippen molar-refractivity contribution in [2.45, 2.75) is 6.54 Å². The number of aryl methyl sites for hydroxylation is 1. The first-order chi connectivity index (χ1) is 14.6. The maximum Gasteiger partial charge on any atom is 0.329 e. The first kappa shape index (κ1) is 20.2. The SMILES string of the molecule is Cn1c(=O)[nH]c(=O)c2c1nc(NCCN1CCOCC1)n2CCOc1ccccc1. The molecule has 0 aliphatic carbocycles. The molecule has 1 aliphatic rings. The fourth-order valence-electron chi connectivity index (χ4n) is 3.51. The third kappa shape index (κ3) is 4.39. The van der Waals surface area contributed by atoms with Crippen LogP contribution in [0.3, 0.4) is 0 Å². The molecule has 2 N–H and O–H groups in total. The van der Waals surface area contributed by atoms with Crippen LogP contribution >= 0.6 is 0 Å². The van der Waals surface area contributed by atoms with Crippen LogP contribution in [0.5, 0.6) is 5.75 Å². The number of hydrogen-bond acceptors (Lipinski definition) is 7. The lowest BCUT2D eigenvalue weighted by Crippen LogP contribution is -2.39. The lowest BCUT2D eigenvalue weighted by molar-refractivity contribution is 0.0398. The summed E-state index contributed by atoms with van der Waals surface area (Å²) in [5.41, 5.74) is -0.251. The molecule has 0 unspecified atom stereocenters. The molecular formula is C20H26N6O4. The van der Waals surface area contributed by atoms with Gasteiger partial charge >= 0.3 is 5.69 Å². The van der Waals surface area contributed by atoms with E-state index in [9.17, 15) is 9.59 Å². The molecule has 0 saturated carbocycles. The molecule has 10 heteroatoms. The Labute approximate surface area is 173 Å². The Morgan fingerprint density at radius 3 is 2.70 bits per heavy atom. The zero-order valence-electron chi connectivity index (χ0n) is 17.0. The van der Waals surface area contributed by atoms with Gasteiger partial charge in [0, 0.05) is 33.2 Å². The lowest BCUT2D eigenvalue weighted by Gasteiger charge is -2.26. The molecule has 1 aliphatic heterocycles. The van der Waals surface area contributed by atoms with Crippen LogP contribution in [-0.4, -0.2) is 70.0 Å². The van der Waals surface area contributed by atoms with Crippen molar-refractivity contribution in [1.82, 2.24) is 24.0 Å². The van der Waals surface area contributed by atoms with Gasteiger partial charge in [0.05, 0.1) is 19.8 Å². The van der Waals surface area contributed by atoms with E-state index in [1.807, 2.05) is 30.3 Å². The normalized spacial score (nSPS) is 14.8. The molecule has 1 aromatic carbocycles. The number of H-pyrrole nitrogens is 1. The van der Waals surface area contributed by atoms with Gasteiger partial charge in [-0.1, -0.05) is 18.2 Å². The summed E-state index contributed by atoms with van der Waals surface area (Å²) in [5.74, 6) is 1.30. The van der Waals surface area contributed by atoms with Gasteiger partial charge in [-0.25, -0.2) is 4.79 Å². The molecule has 0 atom stereocenters. The number of ether oxygens (including phenoxy) is 2. The van der Waals surface area contributed by atoms with Crippen molar-refractivity contribution >= 4 is 17.1 Å². The Bertz CT molecular complexity index is 1100. The van der Waals surface area contributed by atoms with E-state index >= 15 is 0 Å². The van der Waals surface area contributed by atoms with Gasteiger partial charge in [-0.3, -0.25) is 19.2 Å². The number of rotatable bonds is 8. The third-order valence-corrected chi connectivity index (χ3v) is 5.15. The van der Waals surface area contributed by atoms with E-state index < -0.39 is 11.2 Å². The van der Waals surface area contributed by atoms with Gasteiger partial charge in [-0.05, 0) is 12.1 Å². The molecule has 2 aromatic heterocycles. The Morgan fingerprint density at radius 2 is 1.93 bits per heavy atom. The Kier molecular flexibility index (Phi) is 6.15. The van der Waals surface area contributed by atoms with E-state index in [2.05, 4.69) is 20.2 Å². The Morgan fingerprint density at radius 1 is 1.17 bits per heavy atom. The molecule has 0 bridgehead atoms. The highest BCUT2D eigenvalue weighted by atomic mass is 16.5. The average Bonchev–Trinajstić information content (AvgIpc) is 3.13. The number of anilines is 1. The second-order valence-corrected chi connectivity index (χ2v) is 7.12. The maximum atomic E-state index is 12.5. The van der Waals surface area contributed by atoms with Crippen molar-refractivity contribution < 1.29 is 9.47 Å². The van der Waals surface area contributed by atoms with E-state index in [4.69, 9.17) is 9.47 Å². The Balaban J connectivity index is 1.54. The van der Waals surface area contributed by atoms with Crippen LogP contribution in [0.2, 0.25) is 0 Å². The van der Waals surface area contributed by atoms with E-state index in [1.165, 1.54) is 4.57 Å². The molecule has 0 radical (unpaired) electrons. The fourth-order valence-corrected chi connectivity index (χ4v) is 3.51. The van der Waals surface area contributed by atoms with Crippen LogP contribution in [-0.2, 0) is 18.3 Å². The van der Waals surface area contributed by atoms with E-state index in [-0.39, 0.29) is 0 Å². The minimum absolute atomic E-state index is 0.345. The molecule has 3 aromatic rings. The first-order valence-corrected chi connectivity index (χ1v) is 10.0. The molecular weight excluding hydrogens is 388 g/mol. The monoisotopic (exact) mass is 414 g/mol. The summed E-state index contributed by atoms with van der Waals surface area (Å²) >= 11 is 0. The molecule has 0 spiro atoms. The number of nitrogens with one attached hydrogen (secondary N) is 2. The van der Waals surface area contributed by atoms with Gasteiger partial charge in [0.1, 0.15) is 12.4 Å². The quantitative estimate of drug-likeness (QED) is 0.544. The van der Waals surface area contributed by atoms with Crippen molar-refractivity contribution in [2.75, 3.05) is 51.3 Å². The molecule has 10 nitrogen and oxygen atoms in total. The van der Waals surface area contributed by atoms with Crippen molar-refractivity contribution in [3.63, 3.8) is 0 Å².